The maximum absolute atomic E-state index is 13.1. The van der Waals surface area contributed by atoms with Gasteiger partial charge < -0.3 is 9.84 Å². The van der Waals surface area contributed by atoms with E-state index in [4.69, 9.17) is 4.74 Å². The molecular weight excluding hydrogens is 304 g/mol. The van der Waals surface area contributed by atoms with E-state index in [1.165, 1.54) is 7.11 Å². The van der Waals surface area contributed by atoms with E-state index in [0.29, 0.717) is 18.8 Å². The second kappa shape index (κ2) is 5.17. The highest BCUT2D eigenvalue weighted by molar-refractivity contribution is 6.03. The fraction of sp³-hybridized carbons (Fsp3) is 0.800. The van der Waals surface area contributed by atoms with E-state index < -0.39 is 6.10 Å². The van der Waals surface area contributed by atoms with Crippen LogP contribution in [0.4, 0.5) is 0 Å². The third-order valence-electron chi connectivity index (χ3n) is 8.05. The Hall–Kier alpha value is -1.16. The summed E-state index contributed by atoms with van der Waals surface area (Å²) < 4.78 is 5.03. The Morgan fingerprint density at radius 3 is 2.75 bits per heavy atom. The molecule has 2 bridgehead atoms. The molecule has 0 aromatic heterocycles. The summed E-state index contributed by atoms with van der Waals surface area (Å²) in [5.41, 5.74) is 0.392. The van der Waals surface area contributed by atoms with Crippen LogP contribution in [-0.4, -0.2) is 30.1 Å². The molecule has 1 spiro atoms. The zero-order chi connectivity index (χ0) is 17.3. The quantitative estimate of drug-likeness (QED) is 0.592. The Morgan fingerprint density at radius 2 is 2.04 bits per heavy atom. The molecule has 4 aliphatic rings. The Balaban J connectivity index is 1.75. The molecule has 132 valence electrons. The van der Waals surface area contributed by atoms with Crippen LogP contribution >= 0.6 is 0 Å². The molecule has 0 aromatic rings. The van der Waals surface area contributed by atoms with Crippen LogP contribution in [0.5, 0.6) is 0 Å². The van der Waals surface area contributed by atoms with Crippen molar-refractivity contribution in [1.29, 1.82) is 0 Å². The summed E-state index contributed by atoms with van der Waals surface area (Å²) in [4.78, 5) is 25.4. The van der Waals surface area contributed by atoms with Crippen molar-refractivity contribution >= 4 is 11.8 Å². The highest BCUT2D eigenvalue weighted by Crippen LogP contribution is 2.69. The number of carbonyl (C=O) groups is 2. The van der Waals surface area contributed by atoms with E-state index in [1.807, 2.05) is 0 Å². The van der Waals surface area contributed by atoms with Crippen molar-refractivity contribution in [3.63, 3.8) is 0 Å². The fourth-order valence-electron chi connectivity index (χ4n) is 7.15. The number of rotatable bonds is 1. The van der Waals surface area contributed by atoms with Gasteiger partial charge in [0.25, 0.3) is 0 Å². The van der Waals surface area contributed by atoms with Gasteiger partial charge in [0.15, 0.2) is 5.78 Å². The molecule has 0 saturated heterocycles. The van der Waals surface area contributed by atoms with Crippen LogP contribution in [0.3, 0.4) is 0 Å². The lowest BCUT2D eigenvalue weighted by Gasteiger charge is -2.61. The standard InChI is InChI=1S/C20H28O4/c1-11-12-4-5-16-19(2)10-13(21)8-14(18(23)24-3)15(19)6-7-20(16,9-12)17(11)22/h12-16,21H,1,4-10H2,2-3H3/t12-,13-,14-,15?,16+,19-,20-/m1/s1. The van der Waals surface area contributed by atoms with Gasteiger partial charge in [-0.05, 0) is 73.7 Å². The van der Waals surface area contributed by atoms with E-state index >= 15 is 0 Å². The third-order valence-corrected chi connectivity index (χ3v) is 8.05. The van der Waals surface area contributed by atoms with Crippen molar-refractivity contribution in [3.05, 3.63) is 12.2 Å². The summed E-state index contributed by atoms with van der Waals surface area (Å²) in [5.74, 6) is 0.675. The molecule has 1 unspecified atom stereocenters. The molecule has 0 radical (unpaired) electrons. The first-order valence-corrected chi connectivity index (χ1v) is 9.33. The number of methoxy groups -OCH3 is 1. The van der Waals surface area contributed by atoms with Crippen molar-refractivity contribution in [3.8, 4) is 0 Å². The lowest BCUT2D eigenvalue weighted by atomic mass is 9.43. The first-order chi connectivity index (χ1) is 11.3. The number of aliphatic hydroxyl groups is 1. The largest absolute Gasteiger partial charge is 0.469 e. The minimum Gasteiger partial charge on any atom is -0.469 e. The molecule has 4 nitrogen and oxygen atoms in total. The second-order valence-corrected chi connectivity index (χ2v) is 8.92. The number of carbonyl (C=O) groups excluding carboxylic acids is 2. The second-order valence-electron chi connectivity index (χ2n) is 8.92. The van der Waals surface area contributed by atoms with E-state index in [-0.39, 0.29) is 40.3 Å². The van der Waals surface area contributed by atoms with Crippen molar-refractivity contribution in [1.82, 2.24) is 0 Å². The fourth-order valence-corrected chi connectivity index (χ4v) is 7.15. The number of esters is 1. The summed E-state index contributed by atoms with van der Waals surface area (Å²) >= 11 is 0. The van der Waals surface area contributed by atoms with Crippen molar-refractivity contribution in [2.75, 3.05) is 7.11 Å². The van der Waals surface area contributed by atoms with Gasteiger partial charge >= 0.3 is 5.97 Å². The number of ketones is 1. The van der Waals surface area contributed by atoms with Crippen LogP contribution < -0.4 is 0 Å². The highest BCUT2D eigenvalue weighted by Gasteiger charge is 2.66. The topological polar surface area (TPSA) is 63.6 Å². The zero-order valence-electron chi connectivity index (χ0n) is 14.7. The normalized spacial score (nSPS) is 50.2. The van der Waals surface area contributed by atoms with Crippen LogP contribution in [0, 0.1) is 34.5 Å². The highest BCUT2D eigenvalue weighted by atomic mass is 16.5. The van der Waals surface area contributed by atoms with Gasteiger partial charge in [0.2, 0.25) is 0 Å². The average Bonchev–Trinajstić information content (AvgIpc) is 2.73. The minimum atomic E-state index is -0.483. The smallest absolute Gasteiger partial charge is 0.309 e. The zero-order valence-corrected chi connectivity index (χ0v) is 14.7. The minimum absolute atomic E-state index is 0.167. The van der Waals surface area contributed by atoms with E-state index in [9.17, 15) is 14.7 Å². The predicted octanol–water partition coefficient (Wildman–Crippen LogP) is 2.89. The molecule has 4 aliphatic carbocycles. The Morgan fingerprint density at radius 1 is 1.29 bits per heavy atom. The first-order valence-electron chi connectivity index (χ1n) is 9.33. The summed E-state index contributed by atoms with van der Waals surface area (Å²) in [5, 5.41) is 10.5. The molecule has 7 atom stereocenters. The molecule has 24 heavy (non-hydrogen) atoms. The van der Waals surface area contributed by atoms with Crippen molar-refractivity contribution in [2.24, 2.45) is 34.5 Å². The molecule has 0 aromatic carbocycles. The molecule has 0 heterocycles. The predicted molar refractivity (Wildman–Crippen MR) is 89.0 cm³/mol. The number of fused-ring (bicyclic) bond motifs is 3. The Bertz CT molecular complexity index is 611. The van der Waals surface area contributed by atoms with Crippen LogP contribution in [0.2, 0.25) is 0 Å². The molecule has 0 amide bonds. The number of hydrogen-bond donors (Lipinski definition) is 1. The first kappa shape index (κ1) is 16.3. The number of Topliss-reactive ketones (excluding diaryl/α,β-unsaturated/α-hetero) is 1. The van der Waals surface area contributed by atoms with Crippen LogP contribution in [0.25, 0.3) is 0 Å². The molecule has 4 saturated carbocycles. The monoisotopic (exact) mass is 332 g/mol. The lowest BCUT2D eigenvalue weighted by Crippen LogP contribution is -2.58. The van der Waals surface area contributed by atoms with E-state index in [0.717, 1.165) is 37.7 Å². The van der Waals surface area contributed by atoms with Crippen LogP contribution in [0.15, 0.2) is 12.2 Å². The average molecular weight is 332 g/mol. The van der Waals surface area contributed by atoms with Gasteiger partial charge in [0, 0.05) is 5.41 Å². The number of hydrogen-bond acceptors (Lipinski definition) is 4. The lowest BCUT2D eigenvalue weighted by molar-refractivity contribution is -0.178. The van der Waals surface area contributed by atoms with Crippen molar-refractivity contribution < 1.29 is 19.4 Å². The number of allylic oxidation sites excluding steroid dienone is 1. The van der Waals surface area contributed by atoms with Gasteiger partial charge in [-0.3, -0.25) is 9.59 Å². The summed E-state index contributed by atoms with van der Waals surface area (Å²) in [6.07, 6.45) is 5.44. The summed E-state index contributed by atoms with van der Waals surface area (Å²) in [7, 11) is 1.43. The molecule has 4 fully saturated rings. The number of ether oxygens (including phenoxy) is 1. The maximum Gasteiger partial charge on any atom is 0.309 e. The summed E-state index contributed by atoms with van der Waals surface area (Å²) in [6, 6.07) is 0. The molecule has 0 aliphatic heterocycles. The van der Waals surface area contributed by atoms with Crippen LogP contribution in [-0.2, 0) is 14.3 Å². The Labute approximate surface area is 143 Å². The molecular formula is C20H28O4. The Kier molecular flexibility index (Phi) is 3.51. The SMILES string of the molecule is C=C1C(=O)[C@@]23CCC4[C@H](C(=O)OC)C[C@@H](O)C[C@@]4(C)[C@@H]2CC[C@@H]1C3. The van der Waals surface area contributed by atoms with Gasteiger partial charge in [-0.15, -0.1) is 0 Å². The number of aliphatic hydroxyl groups excluding tert-OH is 1. The molecule has 4 rings (SSSR count). The van der Waals surface area contributed by atoms with Gasteiger partial charge in [0.05, 0.1) is 19.1 Å². The van der Waals surface area contributed by atoms with E-state index in [2.05, 4.69) is 13.5 Å². The summed E-state index contributed by atoms with van der Waals surface area (Å²) in [6.45, 7) is 6.31. The van der Waals surface area contributed by atoms with E-state index in [1.54, 1.807) is 0 Å². The maximum atomic E-state index is 13.1. The molecule has 1 N–H and O–H groups in total. The third kappa shape index (κ3) is 1.89. The van der Waals surface area contributed by atoms with Gasteiger partial charge in [0.1, 0.15) is 0 Å². The van der Waals surface area contributed by atoms with Crippen LogP contribution in [0.1, 0.15) is 51.9 Å². The van der Waals surface area contributed by atoms with Gasteiger partial charge in [-0.1, -0.05) is 13.5 Å². The molecule has 4 heteroatoms. The van der Waals surface area contributed by atoms with Gasteiger partial charge in [-0.2, -0.15) is 0 Å². The van der Waals surface area contributed by atoms with Gasteiger partial charge in [-0.25, -0.2) is 0 Å². The van der Waals surface area contributed by atoms with Crippen molar-refractivity contribution in [2.45, 2.75) is 58.0 Å².